The lowest BCUT2D eigenvalue weighted by Gasteiger charge is -2.46. The van der Waals surface area contributed by atoms with Gasteiger partial charge in [0.15, 0.2) is 6.61 Å². The number of hydrogen-bond acceptors (Lipinski definition) is 8. The Labute approximate surface area is 287 Å². The van der Waals surface area contributed by atoms with Crippen molar-refractivity contribution < 1.29 is 33.3 Å². The van der Waals surface area contributed by atoms with Crippen molar-refractivity contribution in [2.75, 3.05) is 13.2 Å². The van der Waals surface area contributed by atoms with Crippen molar-refractivity contribution in [2.45, 2.75) is 83.1 Å². The first-order valence-electron chi connectivity index (χ1n) is 16.5. The number of azide groups is 1. The average Bonchev–Trinajstić information content (AvgIpc) is 3.14. The second-order valence-electron chi connectivity index (χ2n) is 11.9. The molecule has 1 unspecified atom stereocenters. The molecule has 49 heavy (non-hydrogen) atoms. The van der Waals surface area contributed by atoms with E-state index in [-0.39, 0.29) is 45.3 Å². The van der Waals surface area contributed by atoms with Crippen LogP contribution in [0.4, 0.5) is 0 Å². The summed E-state index contributed by atoms with van der Waals surface area (Å²) in [6.45, 7) is 4.17. The monoisotopic (exact) mass is 668 g/mol. The fraction of sp³-hybridized carbons (Fsp3) is 0.421. The van der Waals surface area contributed by atoms with Gasteiger partial charge in [0, 0.05) is 4.91 Å². The minimum Gasteiger partial charge on any atom is -0.451 e. The van der Waals surface area contributed by atoms with Crippen LogP contribution in [-0.4, -0.2) is 61.6 Å². The first-order chi connectivity index (χ1) is 23.9. The maximum absolute atomic E-state index is 13.7. The topological polar surface area (TPSA) is 141 Å². The molecule has 1 N–H and O–H groups in total. The highest BCUT2D eigenvalue weighted by atomic mass is 16.6. The van der Waals surface area contributed by atoms with Crippen LogP contribution >= 0.6 is 0 Å². The molecule has 0 saturated carbocycles. The van der Waals surface area contributed by atoms with Crippen LogP contribution in [0.1, 0.15) is 43.4 Å². The Bertz CT molecular complexity index is 1530. The maximum Gasteiger partial charge on any atom is 0.329 e. The van der Waals surface area contributed by atoms with Crippen molar-refractivity contribution in [3.8, 4) is 12.3 Å². The van der Waals surface area contributed by atoms with E-state index in [1.165, 1.54) is 0 Å². The van der Waals surface area contributed by atoms with Crippen molar-refractivity contribution in [1.29, 1.82) is 0 Å². The van der Waals surface area contributed by atoms with E-state index in [0.29, 0.717) is 6.42 Å². The Kier molecular flexibility index (Phi) is 15.1. The Morgan fingerprint density at radius 2 is 1.35 bits per heavy atom. The Hall–Kier alpha value is -4.69. The van der Waals surface area contributed by atoms with Crippen molar-refractivity contribution in [3.63, 3.8) is 0 Å². The Morgan fingerprint density at radius 1 is 0.857 bits per heavy atom. The minimum atomic E-state index is -0.913. The van der Waals surface area contributed by atoms with Gasteiger partial charge in [0.1, 0.15) is 24.4 Å². The smallest absolute Gasteiger partial charge is 0.329 e. The number of ether oxygens (including phenoxy) is 5. The summed E-state index contributed by atoms with van der Waals surface area (Å²) in [6.07, 6.45) is 1.80. The van der Waals surface area contributed by atoms with E-state index in [1.54, 1.807) is 0 Å². The molecule has 0 aliphatic carbocycles. The van der Waals surface area contributed by atoms with Gasteiger partial charge in [0.05, 0.1) is 45.0 Å². The number of nitrogens with one attached hydrogen (secondary N) is 1. The maximum atomic E-state index is 13.7. The zero-order valence-corrected chi connectivity index (χ0v) is 27.9. The van der Waals surface area contributed by atoms with Crippen LogP contribution in [-0.2, 0) is 53.1 Å². The van der Waals surface area contributed by atoms with Gasteiger partial charge in [0.25, 0.3) is 0 Å². The van der Waals surface area contributed by atoms with Gasteiger partial charge in [-0.15, -0.1) is 6.42 Å². The van der Waals surface area contributed by atoms with E-state index in [1.807, 2.05) is 105 Å². The summed E-state index contributed by atoms with van der Waals surface area (Å²) >= 11 is 0. The number of nitrogens with zero attached hydrogens (tertiary/aromatic N) is 3. The molecule has 7 atom stereocenters. The molecule has 0 radical (unpaired) electrons. The van der Waals surface area contributed by atoms with Crippen LogP contribution < -0.4 is 5.32 Å². The fourth-order valence-corrected chi connectivity index (χ4v) is 5.60. The number of rotatable bonds is 18. The molecular formula is C38H44N4O7. The number of benzene rings is 3. The predicted octanol–water partition coefficient (Wildman–Crippen LogP) is 5.92. The SMILES string of the molecule is C#CCOC(=O)[C@@H](NC(=O)CC1O[C@H](CN=[N+]=[N-])[C@@H](OCc2ccccc2)[C@H](OCc2ccccc2)[C@H]1OCc1ccccc1)[C@@H](C)CC. The fourth-order valence-electron chi connectivity index (χ4n) is 5.60. The van der Waals surface area contributed by atoms with Crippen LogP contribution in [0.3, 0.4) is 0 Å². The molecule has 0 bridgehead atoms. The molecule has 3 aromatic carbocycles. The number of amides is 1. The van der Waals surface area contributed by atoms with Crippen molar-refractivity contribution in [1.82, 2.24) is 5.32 Å². The summed E-state index contributed by atoms with van der Waals surface area (Å²) in [5.41, 5.74) is 12.0. The molecule has 1 saturated heterocycles. The van der Waals surface area contributed by atoms with Crippen molar-refractivity contribution in [3.05, 3.63) is 118 Å². The molecule has 1 fully saturated rings. The van der Waals surface area contributed by atoms with Gasteiger partial charge >= 0.3 is 5.97 Å². The van der Waals surface area contributed by atoms with E-state index in [0.717, 1.165) is 16.7 Å². The van der Waals surface area contributed by atoms with Crippen LogP contribution in [0, 0.1) is 18.3 Å². The highest BCUT2D eigenvalue weighted by Crippen LogP contribution is 2.32. The highest BCUT2D eigenvalue weighted by molar-refractivity contribution is 5.85. The third-order valence-corrected chi connectivity index (χ3v) is 8.38. The summed E-state index contributed by atoms with van der Waals surface area (Å²) in [4.78, 5) is 29.5. The molecule has 1 aliphatic rings. The molecular weight excluding hydrogens is 624 g/mol. The molecule has 11 nitrogen and oxygen atoms in total. The van der Waals surface area contributed by atoms with Gasteiger partial charge < -0.3 is 29.0 Å². The molecule has 0 aromatic heterocycles. The van der Waals surface area contributed by atoms with Crippen LogP contribution in [0.15, 0.2) is 96.1 Å². The minimum absolute atomic E-state index is 0.0708. The van der Waals surface area contributed by atoms with E-state index in [2.05, 4.69) is 21.3 Å². The molecule has 4 rings (SSSR count). The van der Waals surface area contributed by atoms with E-state index in [9.17, 15) is 15.1 Å². The Balaban J connectivity index is 1.67. The van der Waals surface area contributed by atoms with E-state index in [4.69, 9.17) is 30.1 Å². The molecule has 11 heteroatoms. The normalized spacial score (nSPS) is 21.4. The molecule has 1 amide bonds. The average molecular weight is 669 g/mol. The van der Waals surface area contributed by atoms with E-state index >= 15 is 0 Å². The third kappa shape index (κ3) is 11.5. The molecule has 0 spiro atoms. The summed E-state index contributed by atoms with van der Waals surface area (Å²) in [5, 5.41) is 6.66. The van der Waals surface area contributed by atoms with E-state index < -0.39 is 48.4 Å². The lowest BCUT2D eigenvalue weighted by molar-refractivity contribution is -0.262. The number of esters is 1. The zero-order valence-electron chi connectivity index (χ0n) is 27.9. The van der Waals surface area contributed by atoms with Crippen LogP contribution in [0.25, 0.3) is 10.4 Å². The first kappa shape index (κ1) is 37.1. The zero-order chi connectivity index (χ0) is 34.8. The second kappa shape index (κ2) is 20.0. The lowest BCUT2D eigenvalue weighted by Crippen LogP contribution is -2.61. The second-order valence-corrected chi connectivity index (χ2v) is 11.9. The van der Waals surface area contributed by atoms with Crippen LogP contribution in [0.5, 0.6) is 0 Å². The molecule has 1 aliphatic heterocycles. The third-order valence-electron chi connectivity index (χ3n) is 8.38. The molecule has 1 heterocycles. The van der Waals surface area contributed by atoms with Gasteiger partial charge in [-0.3, -0.25) is 4.79 Å². The van der Waals surface area contributed by atoms with Gasteiger partial charge in [-0.25, -0.2) is 4.79 Å². The summed E-state index contributed by atoms with van der Waals surface area (Å²) in [7, 11) is 0. The quantitative estimate of drug-likeness (QED) is 0.0584. The number of terminal acetylenes is 1. The predicted molar refractivity (Wildman–Crippen MR) is 184 cm³/mol. The molecule has 258 valence electrons. The van der Waals surface area contributed by atoms with Gasteiger partial charge in [-0.1, -0.05) is 122 Å². The standard InChI is InChI=1S/C38H44N4O7/c1-4-21-45-38(44)34(27(3)5-2)41-33(43)22-31-35(46-24-28-15-9-6-10-16-28)37(48-26-30-19-13-8-14-20-30)36(32(49-31)23-40-42-39)47-25-29-17-11-7-12-18-29/h1,6-20,27,31-32,34-37H,5,21-26H2,2-3H3,(H,41,43)/t27-,31?,32+,34-,35-,36+,37+/m0/s1. The van der Waals surface area contributed by atoms with Gasteiger partial charge in [0.2, 0.25) is 5.91 Å². The summed E-state index contributed by atoms with van der Waals surface area (Å²) in [6, 6.07) is 28.1. The highest BCUT2D eigenvalue weighted by Gasteiger charge is 2.48. The van der Waals surface area contributed by atoms with Gasteiger partial charge in [-0.2, -0.15) is 0 Å². The molecule has 3 aromatic rings. The number of carbonyl (C=O) groups excluding carboxylic acids is 2. The van der Waals surface area contributed by atoms with Gasteiger partial charge in [-0.05, 0) is 28.1 Å². The lowest BCUT2D eigenvalue weighted by atomic mass is 9.91. The van der Waals surface area contributed by atoms with Crippen molar-refractivity contribution >= 4 is 11.9 Å². The Morgan fingerprint density at radius 3 is 1.82 bits per heavy atom. The number of carbonyl (C=O) groups is 2. The largest absolute Gasteiger partial charge is 0.451 e. The summed E-state index contributed by atoms with van der Waals surface area (Å²) < 4.78 is 31.4. The van der Waals surface area contributed by atoms with Crippen LogP contribution in [0.2, 0.25) is 0 Å². The number of hydrogen-bond donors (Lipinski definition) is 1. The summed E-state index contributed by atoms with van der Waals surface area (Å²) in [5.74, 6) is 1.01. The van der Waals surface area contributed by atoms with Crippen molar-refractivity contribution in [2.24, 2.45) is 11.0 Å². The first-order valence-corrected chi connectivity index (χ1v) is 16.5.